The molecule has 1 aromatic heterocycles. The summed E-state index contributed by atoms with van der Waals surface area (Å²) in [5, 5.41) is 8.38. The number of aryl methyl sites for hydroxylation is 1. The van der Waals surface area contributed by atoms with E-state index in [1.54, 1.807) is 0 Å². The third-order valence-corrected chi connectivity index (χ3v) is 5.02. The molecule has 1 aromatic rings. The standard InChI is InChI=1S/C16H27N3/c1-16(2)9-5-6-12(10-16)18-14-7-4-8-15-13(14)11-17-19(15)3/h11-12,14,18H,4-10H2,1-3H3. The molecule has 0 radical (unpaired) electrons. The zero-order valence-electron chi connectivity index (χ0n) is 12.6. The minimum atomic E-state index is 0.516. The SMILES string of the molecule is Cn1ncc2c1CCCC2NC1CCCC(C)(C)C1. The van der Waals surface area contributed by atoms with Gasteiger partial charge in [0.1, 0.15) is 0 Å². The van der Waals surface area contributed by atoms with Crippen molar-refractivity contribution in [2.24, 2.45) is 12.5 Å². The first-order valence-corrected chi connectivity index (χ1v) is 7.82. The molecule has 0 spiro atoms. The number of hydrogen-bond donors (Lipinski definition) is 1. The van der Waals surface area contributed by atoms with Gasteiger partial charge in [0.15, 0.2) is 0 Å². The van der Waals surface area contributed by atoms with Crippen molar-refractivity contribution in [3.8, 4) is 0 Å². The Balaban J connectivity index is 1.71. The van der Waals surface area contributed by atoms with Gasteiger partial charge in [-0.1, -0.05) is 20.3 Å². The molecule has 1 N–H and O–H groups in total. The Morgan fingerprint density at radius 2 is 2.16 bits per heavy atom. The number of hydrogen-bond acceptors (Lipinski definition) is 2. The van der Waals surface area contributed by atoms with Crippen LogP contribution in [0.3, 0.4) is 0 Å². The maximum atomic E-state index is 4.45. The van der Waals surface area contributed by atoms with Crippen LogP contribution in [0.1, 0.15) is 69.7 Å². The molecule has 0 saturated heterocycles. The van der Waals surface area contributed by atoms with E-state index in [9.17, 15) is 0 Å². The number of nitrogens with one attached hydrogen (secondary N) is 1. The van der Waals surface area contributed by atoms with E-state index in [4.69, 9.17) is 0 Å². The van der Waals surface area contributed by atoms with Crippen molar-refractivity contribution in [1.29, 1.82) is 0 Å². The molecule has 106 valence electrons. The third kappa shape index (κ3) is 2.71. The molecule has 3 nitrogen and oxygen atoms in total. The van der Waals surface area contributed by atoms with Gasteiger partial charge in [-0.15, -0.1) is 0 Å². The summed E-state index contributed by atoms with van der Waals surface area (Å²) < 4.78 is 2.06. The average molecular weight is 261 g/mol. The van der Waals surface area contributed by atoms with Gasteiger partial charge in [0.05, 0.1) is 6.20 Å². The zero-order valence-corrected chi connectivity index (χ0v) is 12.6. The van der Waals surface area contributed by atoms with Crippen LogP contribution < -0.4 is 5.32 Å². The molecule has 1 saturated carbocycles. The van der Waals surface area contributed by atoms with E-state index in [0.29, 0.717) is 17.5 Å². The summed E-state index contributed by atoms with van der Waals surface area (Å²) in [5.41, 5.74) is 3.42. The molecule has 2 atom stereocenters. The lowest BCUT2D eigenvalue weighted by molar-refractivity contribution is 0.185. The molecule has 1 fully saturated rings. The smallest absolute Gasteiger partial charge is 0.0540 e. The Morgan fingerprint density at radius 1 is 1.32 bits per heavy atom. The number of rotatable bonds is 2. The number of fused-ring (bicyclic) bond motifs is 1. The first kappa shape index (κ1) is 13.2. The van der Waals surface area contributed by atoms with Crippen LogP contribution in [-0.4, -0.2) is 15.8 Å². The highest BCUT2D eigenvalue weighted by Gasteiger charge is 2.31. The molecule has 19 heavy (non-hydrogen) atoms. The van der Waals surface area contributed by atoms with E-state index in [1.807, 2.05) is 0 Å². The molecule has 0 aliphatic heterocycles. The van der Waals surface area contributed by atoms with Crippen LogP contribution in [0, 0.1) is 5.41 Å². The molecule has 2 aliphatic carbocycles. The normalized spacial score (nSPS) is 30.1. The van der Waals surface area contributed by atoms with E-state index < -0.39 is 0 Å². The van der Waals surface area contributed by atoms with Gasteiger partial charge in [0.25, 0.3) is 0 Å². The maximum absolute atomic E-state index is 4.45. The van der Waals surface area contributed by atoms with Crippen LogP contribution in [0.5, 0.6) is 0 Å². The van der Waals surface area contributed by atoms with Crippen LogP contribution in [0.15, 0.2) is 6.20 Å². The van der Waals surface area contributed by atoms with Crippen LogP contribution in [0.2, 0.25) is 0 Å². The summed E-state index contributed by atoms with van der Waals surface area (Å²) in [4.78, 5) is 0. The molecular weight excluding hydrogens is 234 g/mol. The lowest BCUT2D eigenvalue weighted by atomic mass is 9.74. The van der Waals surface area contributed by atoms with Gasteiger partial charge >= 0.3 is 0 Å². The second-order valence-corrected chi connectivity index (χ2v) is 7.24. The molecule has 3 heteroatoms. The number of aromatic nitrogens is 2. The van der Waals surface area contributed by atoms with Crippen molar-refractivity contribution >= 4 is 0 Å². The lowest BCUT2D eigenvalue weighted by Crippen LogP contribution is -2.40. The van der Waals surface area contributed by atoms with E-state index in [0.717, 1.165) is 0 Å². The fourth-order valence-corrected chi connectivity index (χ4v) is 4.00. The zero-order chi connectivity index (χ0) is 13.5. The average Bonchev–Trinajstić information content (AvgIpc) is 2.71. The van der Waals surface area contributed by atoms with Gasteiger partial charge in [-0.25, -0.2) is 0 Å². The second kappa shape index (κ2) is 4.93. The molecule has 0 aromatic carbocycles. The van der Waals surface area contributed by atoms with E-state index in [2.05, 4.69) is 42.2 Å². The summed E-state index contributed by atoms with van der Waals surface area (Å²) in [5.74, 6) is 0. The Labute approximate surface area is 116 Å². The predicted octanol–water partition coefficient (Wildman–Crippen LogP) is 3.36. The summed E-state index contributed by atoms with van der Waals surface area (Å²) in [7, 11) is 2.07. The van der Waals surface area contributed by atoms with Gasteiger partial charge in [-0.3, -0.25) is 4.68 Å². The second-order valence-electron chi connectivity index (χ2n) is 7.24. The summed E-state index contributed by atoms with van der Waals surface area (Å²) in [6, 6.07) is 1.23. The van der Waals surface area contributed by atoms with Crippen molar-refractivity contribution < 1.29 is 0 Å². The van der Waals surface area contributed by atoms with E-state index >= 15 is 0 Å². The summed E-state index contributed by atoms with van der Waals surface area (Å²) in [6.07, 6.45) is 11.3. The number of nitrogens with zero attached hydrogens (tertiary/aromatic N) is 2. The van der Waals surface area contributed by atoms with Crippen LogP contribution in [-0.2, 0) is 13.5 Å². The molecule has 2 aliphatic rings. The Kier molecular flexibility index (Phi) is 3.42. The molecule has 2 unspecified atom stereocenters. The highest BCUT2D eigenvalue weighted by molar-refractivity contribution is 5.24. The molecular formula is C16H27N3. The minimum Gasteiger partial charge on any atom is -0.307 e. The Hall–Kier alpha value is -0.830. The van der Waals surface area contributed by atoms with Gasteiger partial charge in [0.2, 0.25) is 0 Å². The van der Waals surface area contributed by atoms with Crippen molar-refractivity contribution in [3.05, 3.63) is 17.5 Å². The summed E-state index contributed by atoms with van der Waals surface area (Å²) in [6.45, 7) is 4.83. The molecule has 0 bridgehead atoms. The predicted molar refractivity (Wildman–Crippen MR) is 78.1 cm³/mol. The monoisotopic (exact) mass is 261 g/mol. The van der Waals surface area contributed by atoms with Crippen LogP contribution >= 0.6 is 0 Å². The van der Waals surface area contributed by atoms with E-state index in [1.165, 1.54) is 56.2 Å². The first-order chi connectivity index (χ1) is 9.05. The maximum Gasteiger partial charge on any atom is 0.0540 e. The molecule has 1 heterocycles. The minimum absolute atomic E-state index is 0.516. The van der Waals surface area contributed by atoms with Crippen molar-refractivity contribution in [1.82, 2.24) is 15.1 Å². The van der Waals surface area contributed by atoms with Crippen molar-refractivity contribution in [2.45, 2.75) is 70.9 Å². The van der Waals surface area contributed by atoms with Crippen molar-refractivity contribution in [2.75, 3.05) is 0 Å². The van der Waals surface area contributed by atoms with Crippen LogP contribution in [0.25, 0.3) is 0 Å². The Morgan fingerprint density at radius 3 is 2.95 bits per heavy atom. The lowest BCUT2D eigenvalue weighted by Gasteiger charge is -2.38. The summed E-state index contributed by atoms with van der Waals surface area (Å²) >= 11 is 0. The fraction of sp³-hybridized carbons (Fsp3) is 0.812. The largest absolute Gasteiger partial charge is 0.307 e. The first-order valence-electron chi connectivity index (χ1n) is 7.82. The highest BCUT2D eigenvalue weighted by Crippen LogP contribution is 2.37. The molecule has 3 rings (SSSR count). The van der Waals surface area contributed by atoms with Gasteiger partial charge < -0.3 is 5.32 Å². The van der Waals surface area contributed by atoms with E-state index in [-0.39, 0.29) is 0 Å². The highest BCUT2D eigenvalue weighted by atomic mass is 15.3. The van der Waals surface area contributed by atoms with Crippen LogP contribution in [0.4, 0.5) is 0 Å². The molecule has 0 amide bonds. The van der Waals surface area contributed by atoms with Gasteiger partial charge in [0, 0.05) is 30.4 Å². The topological polar surface area (TPSA) is 29.9 Å². The van der Waals surface area contributed by atoms with Crippen molar-refractivity contribution in [3.63, 3.8) is 0 Å². The third-order valence-electron chi connectivity index (χ3n) is 5.02. The quantitative estimate of drug-likeness (QED) is 0.884. The van der Waals surface area contributed by atoms with Gasteiger partial charge in [-0.05, 0) is 43.9 Å². The fourth-order valence-electron chi connectivity index (χ4n) is 4.00. The van der Waals surface area contributed by atoms with Gasteiger partial charge in [-0.2, -0.15) is 5.10 Å². The Bertz CT molecular complexity index is 447.